The molecule has 0 aliphatic carbocycles. The summed E-state index contributed by atoms with van der Waals surface area (Å²) in [7, 11) is -3.19. The van der Waals surface area contributed by atoms with Crippen LogP contribution in [0.4, 0.5) is 4.39 Å². The summed E-state index contributed by atoms with van der Waals surface area (Å²) < 4.78 is 38.1. The van der Waals surface area contributed by atoms with E-state index in [1.165, 1.54) is 17.5 Å². The van der Waals surface area contributed by atoms with Crippen molar-refractivity contribution in [2.24, 2.45) is 5.92 Å². The van der Waals surface area contributed by atoms with Crippen molar-refractivity contribution in [3.05, 3.63) is 83.7 Å². The van der Waals surface area contributed by atoms with Crippen LogP contribution in [0.5, 0.6) is 0 Å². The van der Waals surface area contributed by atoms with E-state index in [2.05, 4.69) is 10.4 Å². The molecule has 1 atom stereocenters. The van der Waals surface area contributed by atoms with Crippen LogP contribution in [0, 0.1) is 11.7 Å². The zero-order valence-electron chi connectivity index (χ0n) is 16.0. The Kier molecular flexibility index (Phi) is 5.50. The molecule has 3 aromatic rings. The van der Waals surface area contributed by atoms with Gasteiger partial charge in [-0.2, -0.15) is 5.10 Å². The van der Waals surface area contributed by atoms with E-state index in [0.717, 1.165) is 16.8 Å². The van der Waals surface area contributed by atoms with Gasteiger partial charge in [0.05, 0.1) is 17.1 Å². The second-order valence-corrected chi connectivity index (χ2v) is 9.12. The third-order valence-corrected chi connectivity index (χ3v) is 6.32. The van der Waals surface area contributed by atoms with Gasteiger partial charge in [0.15, 0.2) is 9.84 Å². The number of rotatable bonds is 6. The number of para-hydroxylation sites is 1. The summed E-state index contributed by atoms with van der Waals surface area (Å²) in [6.45, 7) is 0.224. The van der Waals surface area contributed by atoms with Crippen molar-refractivity contribution >= 4 is 15.7 Å². The molecule has 0 saturated heterocycles. The third-order valence-electron chi connectivity index (χ3n) is 4.86. The SMILES string of the molecule is O=C(C[C@@H]1C=CS(=O)(=O)C1)NCc1cn(-c2ccccc2)nc1-c1ccc(F)cc1. The lowest BCUT2D eigenvalue weighted by molar-refractivity contribution is -0.121. The maximum Gasteiger partial charge on any atom is 0.220 e. The number of nitrogens with one attached hydrogen (secondary N) is 1. The highest BCUT2D eigenvalue weighted by molar-refractivity contribution is 7.94. The number of nitrogens with zero attached hydrogens (tertiary/aromatic N) is 2. The minimum absolute atomic E-state index is 0.0345. The van der Waals surface area contributed by atoms with Crippen molar-refractivity contribution in [1.82, 2.24) is 15.1 Å². The maximum atomic E-state index is 13.3. The predicted molar refractivity (Wildman–Crippen MR) is 112 cm³/mol. The van der Waals surface area contributed by atoms with Gasteiger partial charge in [-0.1, -0.05) is 24.3 Å². The topological polar surface area (TPSA) is 81.1 Å². The molecule has 0 spiro atoms. The standard InChI is InChI=1S/C22H20FN3O3S/c23-19-8-6-17(7-9-19)22-18(14-26(25-22)20-4-2-1-3-5-20)13-24-21(27)12-16-10-11-30(28,29)15-16/h1-11,14,16H,12-13,15H2,(H,24,27)/t16-/m0/s1. The average Bonchev–Trinajstić information content (AvgIpc) is 3.30. The first kappa shape index (κ1) is 20.0. The summed E-state index contributed by atoms with van der Waals surface area (Å²) in [5.74, 6) is -0.916. The predicted octanol–water partition coefficient (Wildman–Crippen LogP) is 3.24. The Balaban J connectivity index is 1.54. The molecule has 6 nitrogen and oxygen atoms in total. The van der Waals surface area contributed by atoms with Gasteiger partial charge >= 0.3 is 0 Å². The van der Waals surface area contributed by atoms with Crippen LogP contribution in [-0.4, -0.2) is 29.9 Å². The molecule has 1 aliphatic rings. The van der Waals surface area contributed by atoms with Crippen LogP contribution in [0.2, 0.25) is 0 Å². The molecule has 1 aromatic heterocycles. The van der Waals surface area contributed by atoms with E-state index >= 15 is 0 Å². The number of aromatic nitrogens is 2. The number of sulfone groups is 1. The first-order valence-corrected chi connectivity index (χ1v) is 11.2. The minimum Gasteiger partial charge on any atom is -0.352 e. The summed E-state index contributed by atoms with van der Waals surface area (Å²) in [6.07, 6.45) is 3.49. The number of hydrogen-bond acceptors (Lipinski definition) is 4. The average molecular weight is 425 g/mol. The quantitative estimate of drug-likeness (QED) is 0.657. The molecular formula is C22H20FN3O3S. The Morgan fingerprint density at radius 2 is 1.87 bits per heavy atom. The molecule has 2 aromatic carbocycles. The first-order valence-electron chi connectivity index (χ1n) is 9.47. The monoisotopic (exact) mass is 425 g/mol. The van der Waals surface area contributed by atoms with Gasteiger partial charge in [-0.15, -0.1) is 0 Å². The fourth-order valence-corrected chi connectivity index (χ4v) is 4.77. The zero-order valence-corrected chi connectivity index (χ0v) is 16.8. The molecule has 1 aliphatic heterocycles. The molecule has 4 rings (SSSR count). The number of halogens is 1. The van der Waals surface area contributed by atoms with Crippen LogP contribution in [0.15, 0.2) is 72.3 Å². The molecule has 1 N–H and O–H groups in total. The fourth-order valence-electron chi connectivity index (χ4n) is 3.37. The van der Waals surface area contributed by atoms with Crippen molar-refractivity contribution in [3.8, 4) is 16.9 Å². The van der Waals surface area contributed by atoms with E-state index in [0.29, 0.717) is 5.69 Å². The highest BCUT2D eigenvalue weighted by Gasteiger charge is 2.24. The van der Waals surface area contributed by atoms with Gasteiger partial charge in [0, 0.05) is 41.6 Å². The van der Waals surface area contributed by atoms with Crippen LogP contribution >= 0.6 is 0 Å². The number of carbonyl (C=O) groups excluding carboxylic acids is 1. The Morgan fingerprint density at radius 3 is 2.53 bits per heavy atom. The molecule has 2 heterocycles. The zero-order chi connectivity index (χ0) is 21.1. The van der Waals surface area contributed by atoms with Crippen molar-refractivity contribution in [3.63, 3.8) is 0 Å². The normalized spacial score (nSPS) is 17.2. The summed E-state index contributed by atoms with van der Waals surface area (Å²) in [5, 5.41) is 8.65. The maximum absolute atomic E-state index is 13.3. The lowest BCUT2D eigenvalue weighted by Gasteiger charge is -2.08. The molecule has 154 valence electrons. The molecule has 0 radical (unpaired) electrons. The summed E-state index contributed by atoms with van der Waals surface area (Å²) in [6, 6.07) is 15.6. The summed E-state index contributed by atoms with van der Waals surface area (Å²) in [4.78, 5) is 12.3. The van der Waals surface area contributed by atoms with E-state index < -0.39 is 9.84 Å². The molecule has 30 heavy (non-hydrogen) atoms. The highest BCUT2D eigenvalue weighted by atomic mass is 32.2. The van der Waals surface area contributed by atoms with Crippen LogP contribution in [0.25, 0.3) is 16.9 Å². The van der Waals surface area contributed by atoms with Crippen molar-refractivity contribution < 1.29 is 17.6 Å². The summed E-state index contributed by atoms with van der Waals surface area (Å²) in [5.41, 5.74) is 3.01. The van der Waals surface area contributed by atoms with Gasteiger partial charge in [0.1, 0.15) is 5.82 Å². The third kappa shape index (κ3) is 4.65. The van der Waals surface area contributed by atoms with Crippen molar-refractivity contribution in [2.45, 2.75) is 13.0 Å². The van der Waals surface area contributed by atoms with E-state index in [1.54, 1.807) is 22.9 Å². The Bertz CT molecular complexity index is 1190. The Labute approximate surface area is 174 Å². The van der Waals surface area contributed by atoms with E-state index in [4.69, 9.17) is 0 Å². The van der Waals surface area contributed by atoms with Crippen LogP contribution < -0.4 is 5.32 Å². The van der Waals surface area contributed by atoms with Gasteiger partial charge in [-0.25, -0.2) is 17.5 Å². The molecule has 0 fully saturated rings. The van der Waals surface area contributed by atoms with Crippen molar-refractivity contribution in [2.75, 3.05) is 5.75 Å². The summed E-state index contributed by atoms with van der Waals surface area (Å²) >= 11 is 0. The van der Waals surface area contributed by atoms with E-state index in [1.807, 2.05) is 36.5 Å². The van der Waals surface area contributed by atoms with Gasteiger partial charge in [-0.05, 0) is 36.4 Å². The molecule has 0 saturated carbocycles. The number of carbonyl (C=O) groups is 1. The van der Waals surface area contributed by atoms with Gasteiger partial charge < -0.3 is 5.32 Å². The molecule has 8 heteroatoms. The largest absolute Gasteiger partial charge is 0.352 e. The lowest BCUT2D eigenvalue weighted by Crippen LogP contribution is -2.25. The Morgan fingerprint density at radius 1 is 1.13 bits per heavy atom. The van der Waals surface area contributed by atoms with Gasteiger partial charge in [0.25, 0.3) is 0 Å². The molecular weight excluding hydrogens is 405 g/mol. The number of hydrogen-bond donors (Lipinski definition) is 1. The van der Waals surface area contributed by atoms with Crippen LogP contribution in [-0.2, 0) is 21.2 Å². The molecule has 1 amide bonds. The molecule has 0 unspecified atom stereocenters. The number of allylic oxidation sites excluding steroid dienone is 1. The minimum atomic E-state index is -3.19. The van der Waals surface area contributed by atoms with Gasteiger partial charge in [0.2, 0.25) is 5.91 Å². The van der Waals surface area contributed by atoms with E-state index in [-0.39, 0.29) is 36.4 Å². The highest BCUT2D eigenvalue weighted by Crippen LogP contribution is 2.24. The Hall–Kier alpha value is -3.26. The van der Waals surface area contributed by atoms with E-state index in [9.17, 15) is 17.6 Å². The smallest absolute Gasteiger partial charge is 0.220 e. The van der Waals surface area contributed by atoms with Crippen LogP contribution in [0.3, 0.4) is 0 Å². The number of amides is 1. The van der Waals surface area contributed by atoms with Crippen LogP contribution in [0.1, 0.15) is 12.0 Å². The van der Waals surface area contributed by atoms with Crippen molar-refractivity contribution in [1.29, 1.82) is 0 Å². The fraction of sp³-hybridized carbons (Fsp3) is 0.182. The first-order chi connectivity index (χ1) is 14.4. The second-order valence-electron chi connectivity index (χ2n) is 7.19. The van der Waals surface area contributed by atoms with Gasteiger partial charge in [-0.3, -0.25) is 4.79 Å². The number of benzene rings is 2. The lowest BCUT2D eigenvalue weighted by atomic mass is 10.1. The molecule has 0 bridgehead atoms. The second kappa shape index (κ2) is 8.23.